The van der Waals surface area contributed by atoms with Gasteiger partial charge in [0, 0.05) is 16.3 Å². The van der Waals surface area contributed by atoms with Crippen LogP contribution in [0.15, 0.2) is 33.2 Å². The molecule has 1 aromatic heterocycles. The standard InChI is InChI=1S/C19H19BrN2O5/c1-19(12-2-3-12)17(24)22(18(25)21-19)10-16(23)26-7-6-14-9-11-8-13(20)4-5-15(11)27-14/h4-5,8-9,12H,2-3,6-7,10H2,1H3,(H,21,25). The molecule has 8 heteroatoms. The Balaban J connectivity index is 1.30. The summed E-state index contributed by atoms with van der Waals surface area (Å²) in [4.78, 5) is 37.6. The van der Waals surface area contributed by atoms with Gasteiger partial charge in [0.1, 0.15) is 23.4 Å². The molecule has 2 aromatic rings. The van der Waals surface area contributed by atoms with E-state index >= 15 is 0 Å². The molecule has 1 saturated carbocycles. The molecule has 0 bridgehead atoms. The van der Waals surface area contributed by atoms with Gasteiger partial charge in [-0.05, 0) is 49.9 Å². The first kappa shape index (κ1) is 18.0. The third kappa shape index (κ3) is 3.45. The van der Waals surface area contributed by atoms with E-state index in [1.807, 2.05) is 24.3 Å². The largest absolute Gasteiger partial charge is 0.464 e. The van der Waals surface area contributed by atoms with E-state index in [0.717, 1.165) is 33.2 Å². The predicted octanol–water partition coefficient (Wildman–Crippen LogP) is 3.00. The molecular formula is C19H19BrN2O5. The lowest BCUT2D eigenvalue weighted by molar-refractivity contribution is -0.147. The molecule has 1 aliphatic heterocycles. The lowest BCUT2D eigenvalue weighted by atomic mass is 9.96. The molecule has 1 atom stereocenters. The van der Waals surface area contributed by atoms with Gasteiger partial charge in [-0.25, -0.2) is 4.79 Å². The summed E-state index contributed by atoms with van der Waals surface area (Å²) in [6, 6.07) is 7.07. The highest BCUT2D eigenvalue weighted by Crippen LogP contribution is 2.42. The van der Waals surface area contributed by atoms with Gasteiger partial charge in [-0.2, -0.15) is 0 Å². The second kappa shape index (κ2) is 6.67. The van der Waals surface area contributed by atoms with Gasteiger partial charge >= 0.3 is 12.0 Å². The third-order valence-corrected chi connectivity index (χ3v) is 5.62. The van der Waals surface area contributed by atoms with Crippen molar-refractivity contribution in [3.8, 4) is 0 Å². The number of esters is 1. The van der Waals surface area contributed by atoms with Gasteiger partial charge in [-0.1, -0.05) is 15.9 Å². The number of urea groups is 1. The number of nitrogens with zero attached hydrogens (tertiary/aromatic N) is 1. The molecule has 2 aliphatic rings. The second-order valence-electron chi connectivity index (χ2n) is 7.16. The highest BCUT2D eigenvalue weighted by Gasteiger charge is 2.56. The molecule has 4 rings (SSSR count). The number of rotatable bonds is 6. The maximum atomic E-state index is 12.5. The molecule has 1 N–H and O–H groups in total. The van der Waals surface area contributed by atoms with Crippen LogP contribution < -0.4 is 5.32 Å². The smallest absolute Gasteiger partial charge is 0.326 e. The average Bonchev–Trinajstić information content (AvgIpc) is 3.36. The maximum absolute atomic E-state index is 12.5. The van der Waals surface area contributed by atoms with E-state index in [-0.39, 0.29) is 25.0 Å². The van der Waals surface area contributed by atoms with Crippen LogP contribution in [0.2, 0.25) is 0 Å². The van der Waals surface area contributed by atoms with Crippen molar-refractivity contribution in [3.63, 3.8) is 0 Å². The van der Waals surface area contributed by atoms with Crippen molar-refractivity contribution in [2.24, 2.45) is 5.92 Å². The minimum Gasteiger partial charge on any atom is -0.464 e. The Morgan fingerprint density at radius 1 is 1.37 bits per heavy atom. The first-order valence-corrected chi connectivity index (χ1v) is 9.64. The summed E-state index contributed by atoms with van der Waals surface area (Å²) in [6.45, 7) is 1.46. The molecule has 1 aliphatic carbocycles. The number of fused-ring (bicyclic) bond motifs is 1. The predicted molar refractivity (Wildman–Crippen MR) is 100.0 cm³/mol. The summed E-state index contributed by atoms with van der Waals surface area (Å²) >= 11 is 3.41. The van der Waals surface area contributed by atoms with Crippen molar-refractivity contribution >= 4 is 44.8 Å². The maximum Gasteiger partial charge on any atom is 0.326 e. The van der Waals surface area contributed by atoms with Crippen LogP contribution in [-0.4, -0.2) is 41.5 Å². The Labute approximate surface area is 164 Å². The molecule has 2 heterocycles. The Morgan fingerprint density at radius 2 is 2.15 bits per heavy atom. The number of imide groups is 1. The zero-order valence-corrected chi connectivity index (χ0v) is 16.4. The first-order valence-electron chi connectivity index (χ1n) is 8.84. The summed E-state index contributed by atoms with van der Waals surface area (Å²) in [7, 11) is 0. The Hall–Kier alpha value is -2.35. The molecule has 1 aromatic carbocycles. The summed E-state index contributed by atoms with van der Waals surface area (Å²) in [5.41, 5.74) is -0.127. The number of hydrogen-bond acceptors (Lipinski definition) is 5. The molecule has 2 fully saturated rings. The van der Waals surface area contributed by atoms with Crippen LogP contribution in [0, 0.1) is 5.92 Å². The molecule has 0 radical (unpaired) electrons. The quantitative estimate of drug-likeness (QED) is 0.557. The summed E-state index contributed by atoms with van der Waals surface area (Å²) < 4.78 is 11.8. The van der Waals surface area contributed by atoms with E-state index in [9.17, 15) is 14.4 Å². The highest BCUT2D eigenvalue weighted by atomic mass is 79.9. The number of halogens is 1. The number of hydrogen-bond donors (Lipinski definition) is 1. The van der Waals surface area contributed by atoms with Crippen molar-refractivity contribution in [1.82, 2.24) is 10.2 Å². The zero-order chi connectivity index (χ0) is 19.2. The minimum atomic E-state index is -0.889. The van der Waals surface area contributed by atoms with Crippen molar-refractivity contribution < 1.29 is 23.5 Å². The number of furan rings is 1. The van der Waals surface area contributed by atoms with E-state index in [4.69, 9.17) is 9.15 Å². The fourth-order valence-corrected chi connectivity index (χ4v) is 3.81. The summed E-state index contributed by atoms with van der Waals surface area (Å²) in [5, 5.41) is 3.67. The molecule has 0 spiro atoms. The summed E-state index contributed by atoms with van der Waals surface area (Å²) in [5.74, 6) is -0.109. The van der Waals surface area contributed by atoms with Crippen molar-refractivity contribution in [3.05, 3.63) is 34.5 Å². The minimum absolute atomic E-state index is 0.114. The zero-order valence-electron chi connectivity index (χ0n) is 14.8. The van der Waals surface area contributed by atoms with E-state index in [0.29, 0.717) is 12.2 Å². The molecule has 1 saturated heterocycles. The molecule has 27 heavy (non-hydrogen) atoms. The number of nitrogens with one attached hydrogen (secondary N) is 1. The Bertz CT molecular complexity index is 935. The second-order valence-corrected chi connectivity index (χ2v) is 8.08. The van der Waals surface area contributed by atoms with E-state index in [1.165, 1.54) is 0 Å². The molecule has 1 unspecified atom stereocenters. The van der Waals surface area contributed by atoms with E-state index in [2.05, 4.69) is 21.2 Å². The van der Waals surface area contributed by atoms with Gasteiger partial charge in [-0.3, -0.25) is 14.5 Å². The van der Waals surface area contributed by atoms with E-state index in [1.54, 1.807) is 6.92 Å². The lowest BCUT2D eigenvalue weighted by Gasteiger charge is -2.20. The average molecular weight is 435 g/mol. The van der Waals surface area contributed by atoms with Crippen LogP contribution in [0.25, 0.3) is 11.0 Å². The summed E-state index contributed by atoms with van der Waals surface area (Å²) in [6.07, 6.45) is 2.24. The number of benzene rings is 1. The van der Waals surface area contributed by atoms with Crippen LogP contribution in [0.3, 0.4) is 0 Å². The van der Waals surface area contributed by atoms with Gasteiger partial charge in [0.15, 0.2) is 0 Å². The molecule has 7 nitrogen and oxygen atoms in total. The number of amides is 3. The van der Waals surface area contributed by atoms with Crippen LogP contribution >= 0.6 is 15.9 Å². The van der Waals surface area contributed by atoms with Gasteiger partial charge in [0.25, 0.3) is 5.91 Å². The van der Waals surface area contributed by atoms with Gasteiger partial charge in [0.2, 0.25) is 0 Å². The topological polar surface area (TPSA) is 88.8 Å². The SMILES string of the molecule is CC1(C2CC2)NC(=O)N(CC(=O)OCCc2cc3cc(Br)ccc3o2)C1=O. The highest BCUT2D eigenvalue weighted by molar-refractivity contribution is 9.10. The number of ether oxygens (including phenoxy) is 1. The fourth-order valence-electron chi connectivity index (χ4n) is 3.43. The van der Waals surface area contributed by atoms with Gasteiger partial charge < -0.3 is 14.5 Å². The lowest BCUT2D eigenvalue weighted by Crippen LogP contribution is -2.46. The third-order valence-electron chi connectivity index (χ3n) is 5.12. The van der Waals surface area contributed by atoms with Crippen LogP contribution in [0.5, 0.6) is 0 Å². The molecule has 142 valence electrons. The van der Waals surface area contributed by atoms with Gasteiger partial charge in [-0.15, -0.1) is 0 Å². The normalized spacial score (nSPS) is 22.4. The Kier molecular flexibility index (Phi) is 4.46. The molecular weight excluding hydrogens is 416 g/mol. The number of carbonyl (C=O) groups excluding carboxylic acids is 3. The van der Waals surface area contributed by atoms with Crippen LogP contribution in [-0.2, 0) is 20.7 Å². The van der Waals surface area contributed by atoms with Crippen LogP contribution in [0.4, 0.5) is 4.79 Å². The van der Waals surface area contributed by atoms with Crippen molar-refractivity contribution in [2.75, 3.05) is 13.2 Å². The monoisotopic (exact) mass is 434 g/mol. The number of carbonyl (C=O) groups is 3. The molecule has 3 amide bonds. The van der Waals surface area contributed by atoms with Crippen LogP contribution in [0.1, 0.15) is 25.5 Å². The fraction of sp³-hybridized carbons (Fsp3) is 0.421. The van der Waals surface area contributed by atoms with Crippen molar-refractivity contribution in [2.45, 2.75) is 31.7 Å². The Morgan fingerprint density at radius 3 is 2.89 bits per heavy atom. The first-order chi connectivity index (χ1) is 12.9. The van der Waals surface area contributed by atoms with Gasteiger partial charge in [0.05, 0.1) is 6.61 Å². The van der Waals surface area contributed by atoms with Crippen molar-refractivity contribution in [1.29, 1.82) is 0 Å². The van der Waals surface area contributed by atoms with E-state index < -0.39 is 17.5 Å².